The van der Waals surface area contributed by atoms with E-state index in [1.165, 1.54) is 4.90 Å². The molecule has 20 heavy (non-hydrogen) atoms. The van der Waals surface area contributed by atoms with Gasteiger partial charge in [0.15, 0.2) is 0 Å². The standard InChI is InChI=1S/C15H16N2O3/c1-11-9-14(18)17(15(11)19)7-2-8-20-13-5-3-12(10-16)4-6-13/h3-6,11H,2,7-9H2,1H3. The topological polar surface area (TPSA) is 70.4 Å². The first-order valence-corrected chi connectivity index (χ1v) is 6.59. The molecule has 1 aliphatic heterocycles. The second-order valence-electron chi connectivity index (χ2n) is 4.83. The second-order valence-corrected chi connectivity index (χ2v) is 4.83. The number of nitrogens with zero attached hydrogens (tertiary/aromatic N) is 2. The highest BCUT2D eigenvalue weighted by molar-refractivity contribution is 6.03. The maximum atomic E-state index is 11.7. The van der Waals surface area contributed by atoms with Crippen LogP contribution in [0, 0.1) is 17.2 Å². The Morgan fingerprint density at radius 1 is 1.35 bits per heavy atom. The van der Waals surface area contributed by atoms with Crippen molar-refractivity contribution >= 4 is 11.8 Å². The summed E-state index contributed by atoms with van der Waals surface area (Å²) < 4.78 is 5.50. The van der Waals surface area contributed by atoms with E-state index in [1.54, 1.807) is 31.2 Å². The van der Waals surface area contributed by atoms with Crippen LogP contribution in [0.2, 0.25) is 0 Å². The summed E-state index contributed by atoms with van der Waals surface area (Å²) in [7, 11) is 0. The van der Waals surface area contributed by atoms with Gasteiger partial charge in [0, 0.05) is 18.9 Å². The molecule has 0 spiro atoms. The number of ether oxygens (including phenoxy) is 1. The minimum Gasteiger partial charge on any atom is -0.494 e. The van der Waals surface area contributed by atoms with Crippen molar-refractivity contribution in [1.29, 1.82) is 5.26 Å². The molecule has 1 heterocycles. The van der Waals surface area contributed by atoms with Crippen LogP contribution in [-0.4, -0.2) is 29.9 Å². The van der Waals surface area contributed by atoms with Crippen molar-refractivity contribution in [3.8, 4) is 11.8 Å². The highest BCUT2D eigenvalue weighted by Gasteiger charge is 2.34. The van der Waals surface area contributed by atoms with Gasteiger partial charge in [-0.1, -0.05) is 6.92 Å². The zero-order valence-corrected chi connectivity index (χ0v) is 11.3. The Kier molecular flexibility index (Phi) is 4.36. The molecule has 1 aromatic rings. The Labute approximate surface area is 117 Å². The first kappa shape index (κ1) is 14.1. The Morgan fingerprint density at radius 2 is 2.05 bits per heavy atom. The van der Waals surface area contributed by atoms with Crippen LogP contribution in [0.15, 0.2) is 24.3 Å². The first-order chi connectivity index (χ1) is 9.61. The van der Waals surface area contributed by atoms with Gasteiger partial charge in [-0.2, -0.15) is 5.26 Å². The summed E-state index contributed by atoms with van der Waals surface area (Å²) in [5.41, 5.74) is 0.583. The Balaban J connectivity index is 1.75. The van der Waals surface area contributed by atoms with E-state index in [9.17, 15) is 9.59 Å². The van der Waals surface area contributed by atoms with Crippen molar-refractivity contribution in [2.45, 2.75) is 19.8 Å². The monoisotopic (exact) mass is 272 g/mol. The maximum absolute atomic E-state index is 11.7. The van der Waals surface area contributed by atoms with E-state index in [1.807, 2.05) is 6.07 Å². The van der Waals surface area contributed by atoms with Crippen molar-refractivity contribution < 1.29 is 14.3 Å². The van der Waals surface area contributed by atoms with E-state index in [4.69, 9.17) is 10.00 Å². The molecule has 2 amide bonds. The summed E-state index contributed by atoms with van der Waals surface area (Å²) in [6, 6.07) is 8.86. The summed E-state index contributed by atoms with van der Waals surface area (Å²) in [6.45, 7) is 2.60. The number of carbonyl (C=O) groups is 2. The molecule has 1 unspecified atom stereocenters. The van der Waals surface area contributed by atoms with Gasteiger partial charge in [0.25, 0.3) is 0 Å². The quantitative estimate of drug-likeness (QED) is 0.604. The summed E-state index contributed by atoms with van der Waals surface area (Å²) in [5, 5.41) is 8.67. The second kappa shape index (κ2) is 6.20. The molecule has 1 saturated heterocycles. The molecule has 1 aromatic carbocycles. The van der Waals surface area contributed by atoms with Gasteiger partial charge in [0.05, 0.1) is 18.2 Å². The SMILES string of the molecule is CC1CC(=O)N(CCCOc2ccc(C#N)cc2)C1=O. The lowest BCUT2D eigenvalue weighted by molar-refractivity contribution is -0.139. The molecule has 1 aliphatic rings. The van der Waals surface area contributed by atoms with Crippen LogP contribution in [0.5, 0.6) is 5.75 Å². The summed E-state index contributed by atoms with van der Waals surface area (Å²) >= 11 is 0. The lowest BCUT2D eigenvalue weighted by Crippen LogP contribution is -2.32. The molecule has 104 valence electrons. The third kappa shape index (κ3) is 3.15. The number of rotatable bonds is 5. The Morgan fingerprint density at radius 3 is 2.60 bits per heavy atom. The van der Waals surface area contributed by atoms with E-state index in [0.29, 0.717) is 37.3 Å². The van der Waals surface area contributed by atoms with Gasteiger partial charge in [0.1, 0.15) is 5.75 Å². The summed E-state index contributed by atoms with van der Waals surface area (Å²) in [5.74, 6) is 0.299. The highest BCUT2D eigenvalue weighted by Crippen LogP contribution is 2.19. The van der Waals surface area contributed by atoms with E-state index in [0.717, 1.165) is 0 Å². The molecular weight excluding hydrogens is 256 g/mol. The molecule has 0 aliphatic carbocycles. The van der Waals surface area contributed by atoms with Crippen LogP contribution in [0.1, 0.15) is 25.3 Å². The number of hydrogen-bond donors (Lipinski definition) is 0. The Bertz CT molecular complexity index is 545. The predicted octanol–water partition coefficient (Wildman–Crippen LogP) is 1.72. The largest absolute Gasteiger partial charge is 0.494 e. The van der Waals surface area contributed by atoms with Gasteiger partial charge in [-0.05, 0) is 30.7 Å². The molecule has 0 N–H and O–H groups in total. The molecule has 5 nitrogen and oxygen atoms in total. The van der Waals surface area contributed by atoms with Crippen LogP contribution in [0.3, 0.4) is 0 Å². The van der Waals surface area contributed by atoms with Crippen LogP contribution >= 0.6 is 0 Å². The normalized spacial score (nSPS) is 18.2. The van der Waals surface area contributed by atoms with Gasteiger partial charge in [-0.15, -0.1) is 0 Å². The molecule has 5 heteroatoms. The summed E-state index contributed by atoms with van der Waals surface area (Å²) in [4.78, 5) is 24.6. The van der Waals surface area contributed by atoms with Gasteiger partial charge < -0.3 is 4.74 Å². The predicted molar refractivity (Wildman–Crippen MR) is 71.8 cm³/mol. The molecule has 0 aromatic heterocycles. The highest BCUT2D eigenvalue weighted by atomic mass is 16.5. The van der Waals surface area contributed by atoms with E-state index < -0.39 is 0 Å². The molecule has 0 radical (unpaired) electrons. The van der Waals surface area contributed by atoms with E-state index in [2.05, 4.69) is 0 Å². The van der Waals surface area contributed by atoms with Crippen molar-refractivity contribution in [2.75, 3.05) is 13.2 Å². The van der Waals surface area contributed by atoms with Crippen LogP contribution in [0.25, 0.3) is 0 Å². The van der Waals surface area contributed by atoms with Crippen molar-refractivity contribution in [2.24, 2.45) is 5.92 Å². The molecule has 2 rings (SSSR count). The first-order valence-electron chi connectivity index (χ1n) is 6.59. The van der Waals surface area contributed by atoms with Gasteiger partial charge >= 0.3 is 0 Å². The van der Waals surface area contributed by atoms with Crippen molar-refractivity contribution in [1.82, 2.24) is 4.90 Å². The third-order valence-electron chi connectivity index (χ3n) is 3.25. The van der Waals surface area contributed by atoms with Crippen LogP contribution < -0.4 is 4.74 Å². The molecule has 0 saturated carbocycles. The molecule has 1 atom stereocenters. The fourth-order valence-electron chi connectivity index (χ4n) is 2.12. The number of imide groups is 1. The average molecular weight is 272 g/mol. The number of likely N-dealkylation sites (tertiary alicyclic amines) is 1. The van der Waals surface area contributed by atoms with Crippen LogP contribution in [0.4, 0.5) is 0 Å². The lowest BCUT2D eigenvalue weighted by atomic mass is 10.1. The lowest BCUT2D eigenvalue weighted by Gasteiger charge is -2.14. The fourth-order valence-corrected chi connectivity index (χ4v) is 2.12. The van der Waals surface area contributed by atoms with E-state index >= 15 is 0 Å². The summed E-state index contributed by atoms with van der Waals surface area (Å²) in [6.07, 6.45) is 0.916. The number of hydrogen-bond acceptors (Lipinski definition) is 4. The zero-order valence-electron chi connectivity index (χ0n) is 11.3. The zero-order chi connectivity index (χ0) is 14.5. The number of carbonyl (C=O) groups excluding carboxylic acids is 2. The minimum atomic E-state index is -0.193. The molecular formula is C15H16N2O3. The van der Waals surface area contributed by atoms with Crippen molar-refractivity contribution in [3.05, 3.63) is 29.8 Å². The van der Waals surface area contributed by atoms with Gasteiger partial charge in [0.2, 0.25) is 11.8 Å². The Hall–Kier alpha value is -2.35. The smallest absolute Gasteiger partial charge is 0.232 e. The van der Waals surface area contributed by atoms with Gasteiger partial charge in [-0.25, -0.2) is 0 Å². The third-order valence-corrected chi connectivity index (χ3v) is 3.25. The molecule has 1 fully saturated rings. The van der Waals surface area contributed by atoms with Gasteiger partial charge in [-0.3, -0.25) is 14.5 Å². The number of amides is 2. The van der Waals surface area contributed by atoms with Crippen LogP contribution in [-0.2, 0) is 9.59 Å². The van der Waals surface area contributed by atoms with Crippen molar-refractivity contribution in [3.63, 3.8) is 0 Å². The average Bonchev–Trinajstić information content (AvgIpc) is 2.70. The van der Waals surface area contributed by atoms with E-state index in [-0.39, 0.29) is 17.7 Å². The molecule has 0 bridgehead atoms. The fraction of sp³-hybridized carbons (Fsp3) is 0.400. The minimum absolute atomic E-state index is 0.0895. The number of nitriles is 1. The number of benzene rings is 1. The maximum Gasteiger partial charge on any atom is 0.232 e.